The smallest absolute Gasteiger partial charge is 0.176 e. The highest BCUT2D eigenvalue weighted by Gasteiger charge is 2.10. The fourth-order valence-electron chi connectivity index (χ4n) is 1.23. The zero-order chi connectivity index (χ0) is 12.8. The number of ketones is 1. The highest BCUT2D eigenvalue weighted by molar-refractivity contribution is 5.98. The maximum Gasteiger partial charge on any atom is 0.176 e. The van der Waals surface area contributed by atoms with E-state index in [-0.39, 0.29) is 42.4 Å². The van der Waals surface area contributed by atoms with Gasteiger partial charge in [-0.05, 0) is 18.2 Å². The summed E-state index contributed by atoms with van der Waals surface area (Å²) in [5.74, 6) is -1.00. The van der Waals surface area contributed by atoms with Crippen molar-refractivity contribution >= 4 is 5.78 Å². The second kappa shape index (κ2) is 6.19. The number of nitrogens with one attached hydrogen (secondary N) is 1. The van der Waals surface area contributed by atoms with Gasteiger partial charge in [-0.3, -0.25) is 10.1 Å². The molecule has 6 heteroatoms. The standard InChI is InChI=1S/C11H15NO5/c13-4-3-11(17)12-6-10(16)7-1-2-8(14)9(15)5-7/h1-2,5,11-15,17H,3-4,6H2. The molecule has 0 aliphatic rings. The van der Waals surface area contributed by atoms with Crippen LogP contribution in [0.4, 0.5) is 0 Å². The molecule has 0 aliphatic heterocycles. The molecule has 17 heavy (non-hydrogen) atoms. The Hall–Kier alpha value is -1.63. The van der Waals surface area contributed by atoms with Crippen molar-refractivity contribution in [3.05, 3.63) is 23.8 Å². The summed E-state index contributed by atoms with van der Waals surface area (Å²) in [5, 5.41) is 38.6. The van der Waals surface area contributed by atoms with E-state index in [1.54, 1.807) is 0 Å². The lowest BCUT2D eigenvalue weighted by Crippen LogP contribution is -2.34. The van der Waals surface area contributed by atoms with Crippen LogP contribution >= 0.6 is 0 Å². The molecule has 0 saturated carbocycles. The van der Waals surface area contributed by atoms with Crippen LogP contribution in [0, 0.1) is 0 Å². The van der Waals surface area contributed by atoms with Crippen molar-refractivity contribution in [1.29, 1.82) is 0 Å². The maximum absolute atomic E-state index is 11.6. The summed E-state index contributed by atoms with van der Waals surface area (Å²) in [6.45, 7) is -0.298. The van der Waals surface area contributed by atoms with Gasteiger partial charge in [0.25, 0.3) is 0 Å². The molecule has 1 aromatic carbocycles. The first kappa shape index (κ1) is 13.4. The molecule has 94 valence electrons. The Morgan fingerprint density at radius 2 is 2.00 bits per heavy atom. The van der Waals surface area contributed by atoms with Crippen LogP contribution in [-0.4, -0.2) is 45.6 Å². The minimum absolute atomic E-state index is 0.120. The molecular weight excluding hydrogens is 226 g/mol. The number of aromatic hydroxyl groups is 2. The molecule has 0 saturated heterocycles. The molecule has 0 heterocycles. The molecule has 0 aromatic heterocycles. The van der Waals surface area contributed by atoms with Crippen LogP contribution in [-0.2, 0) is 0 Å². The van der Waals surface area contributed by atoms with E-state index >= 15 is 0 Å². The summed E-state index contributed by atoms with van der Waals surface area (Å²) in [4.78, 5) is 11.6. The second-order valence-corrected chi connectivity index (χ2v) is 3.54. The summed E-state index contributed by atoms with van der Waals surface area (Å²) < 4.78 is 0. The molecule has 0 amide bonds. The summed E-state index contributed by atoms with van der Waals surface area (Å²) in [6.07, 6.45) is -0.816. The Balaban J connectivity index is 2.55. The van der Waals surface area contributed by atoms with Crippen LogP contribution in [0.3, 0.4) is 0 Å². The Bertz CT molecular complexity index is 393. The van der Waals surface area contributed by atoms with Crippen LogP contribution in [0.1, 0.15) is 16.8 Å². The number of aliphatic hydroxyl groups is 2. The third-order valence-corrected chi connectivity index (χ3v) is 2.20. The highest BCUT2D eigenvalue weighted by atomic mass is 16.3. The molecule has 1 unspecified atom stereocenters. The summed E-state index contributed by atoms with van der Waals surface area (Å²) >= 11 is 0. The van der Waals surface area contributed by atoms with Crippen LogP contribution in [0.25, 0.3) is 0 Å². The molecule has 0 fully saturated rings. The van der Waals surface area contributed by atoms with Crippen molar-refractivity contribution < 1.29 is 25.2 Å². The zero-order valence-corrected chi connectivity index (χ0v) is 9.13. The number of Topliss-reactive ketones (excluding diaryl/α,β-unsaturated/α-hetero) is 1. The number of hydrogen-bond acceptors (Lipinski definition) is 6. The first-order valence-corrected chi connectivity index (χ1v) is 5.12. The highest BCUT2D eigenvalue weighted by Crippen LogP contribution is 2.24. The third-order valence-electron chi connectivity index (χ3n) is 2.20. The lowest BCUT2D eigenvalue weighted by atomic mass is 10.1. The van der Waals surface area contributed by atoms with Gasteiger partial charge in [0.05, 0.1) is 6.54 Å². The third kappa shape index (κ3) is 4.03. The minimum Gasteiger partial charge on any atom is -0.504 e. The van der Waals surface area contributed by atoms with E-state index in [1.807, 2.05) is 0 Å². The van der Waals surface area contributed by atoms with E-state index in [9.17, 15) is 15.0 Å². The maximum atomic E-state index is 11.6. The fourth-order valence-corrected chi connectivity index (χ4v) is 1.23. The number of phenols is 2. The van der Waals surface area contributed by atoms with Gasteiger partial charge >= 0.3 is 0 Å². The fraction of sp³-hybridized carbons (Fsp3) is 0.364. The minimum atomic E-state index is -0.949. The van der Waals surface area contributed by atoms with E-state index in [4.69, 9.17) is 10.2 Å². The van der Waals surface area contributed by atoms with E-state index in [1.165, 1.54) is 12.1 Å². The first-order chi connectivity index (χ1) is 8.04. The van der Waals surface area contributed by atoms with Gasteiger partial charge in [-0.2, -0.15) is 0 Å². The normalized spacial score (nSPS) is 12.4. The average molecular weight is 241 g/mol. The van der Waals surface area contributed by atoms with Crippen molar-refractivity contribution in [2.75, 3.05) is 13.2 Å². The second-order valence-electron chi connectivity index (χ2n) is 3.54. The van der Waals surface area contributed by atoms with E-state index in [0.29, 0.717) is 0 Å². The first-order valence-electron chi connectivity index (χ1n) is 5.12. The Morgan fingerprint density at radius 1 is 1.29 bits per heavy atom. The van der Waals surface area contributed by atoms with Crippen molar-refractivity contribution in [1.82, 2.24) is 5.32 Å². The Morgan fingerprint density at radius 3 is 2.59 bits per heavy atom. The molecule has 0 radical (unpaired) electrons. The quantitative estimate of drug-likeness (QED) is 0.263. The van der Waals surface area contributed by atoms with Crippen LogP contribution < -0.4 is 5.32 Å². The number of carbonyl (C=O) groups excluding carboxylic acids is 1. The predicted molar refractivity (Wildman–Crippen MR) is 59.8 cm³/mol. The lowest BCUT2D eigenvalue weighted by Gasteiger charge is -2.10. The number of rotatable bonds is 6. The lowest BCUT2D eigenvalue weighted by molar-refractivity contribution is 0.0852. The molecule has 1 atom stereocenters. The molecule has 0 bridgehead atoms. The van der Waals surface area contributed by atoms with Gasteiger partial charge in [-0.1, -0.05) is 0 Å². The molecule has 5 N–H and O–H groups in total. The summed E-state index contributed by atoms with van der Waals surface area (Å²) in [7, 11) is 0. The molecular formula is C11H15NO5. The van der Waals surface area contributed by atoms with Crippen LogP contribution in [0.5, 0.6) is 11.5 Å². The van der Waals surface area contributed by atoms with Crippen LogP contribution in [0.2, 0.25) is 0 Å². The number of carbonyl (C=O) groups is 1. The summed E-state index contributed by atoms with van der Waals surface area (Å²) in [6, 6.07) is 3.74. The van der Waals surface area contributed by atoms with Gasteiger partial charge in [0.1, 0.15) is 6.23 Å². The monoisotopic (exact) mass is 241 g/mol. The number of benzene rings is 1. The zero-order valence-electron chi connectivity index (χ0n) is 9.13. The molecule has 6 nitrogen and oxygen atoms in total. The average Bonchev–Trinajstić information content (AvgIpc) is 2.30. The Kier molecular flexibility index (Phi) is 4.89. The van der Waals surface area contributed by atoms with Gasteiger partial charge < -0.3 is 20.4 Å². The van der Waals surface area contributed by atoms with Gasteiger partial charge in [-0.15, -0.1) is 0 Å². The van der Waals surface area contributed by atoms with E-state index < -0.39 is 6.23 Å². The SMILES string of the molecule is O=C(CNC(O)CCO)c1ccc(O)c(O)c1. The number of aliphatic hydroxyl groups excluding tert-OH is 2. The van der Waals surface area contributed by atoms with Gasteiger partial charge in [-0.25, -0.2) is 0 Å². The van der Waals surface area contributed by atoms with Gasteiger partial charge in [0, 0.05) is 18.6 Å². The largest absolute Gasteiger partial charge is 0.504 e. The number of phenolic OH excluding ortho intramolecular Hbond substituents is 2. The Labute approximate surface area is 98.1 Å². The van der Waals surface area contributed by atoms with Crippen molar-refractivity contribution in [3.8, 4) is 11.5 Å². The van der Waals surface area contributed by atoms with Crippen LogP contribution in [0.15, 0.2) is 18.2 Å². The van der Waals surface area contributed by atoms with E-state index in [0.717, 1.165) is 6.07 Å². The van der Waals surface area contributed by atoms with E-state index in [2.05, 4.69) is 5.32 Å². The summed E-state index contributed by atoms with van der Waals surface area (Å²) in [5.41, 5.74) is 0.226. The topological polar surface area (TPSA) is 110 Å². The van der Waals surface area contributed by atoms with Crippen molar-refractivity contribution in [3.63, 3.8) is 0 Å². The molecule has 1 aromatic rings. The van der Waals surface area contributed by atoms with Gasteiger partial charge in [0.2, 0.25) is 0 Å². The predicted octanol–water partition coefficient (Wildman–Crippen LogP) is -0.429. The molecule has 0 aliphatic carbocycles. The van der Waals surface area contributed by atoms with Gasteiger partial charge in [0.15, 0.2) is 17.3 Å². The molecule has 0 spiro atoms. The molecule has 1 rings (SSSR count). The van der Waals surface area contributed by atoms with Crippen molar-refractivity contribution in [2.24, 2.45) is 0 Å². The van der Waals surface area contributed by atoms with Crippen molar-refractivity contribution in [2.45, 2.75) is 12.6 Å². The number of hydrogen-bond donors (Lipinski definition) is 5.